The molecule has 3 heterocycles. The zero-order valence-electron chi connectivity index (χ0n) is 9.54. The highest BCUT2D eigenvalue weighted by atomic mass is 32.2. The maximum atomic E-state index is 11.2. The third-order valence-electron chi connectivity index (χ3n) is 3.16. The molecular formula is C12H12N2O3S. The molecule has 0 saturated carbocycles. The number of rotatable bonds is 2. The molecule has 1 saturated heterocycles. The molecule has 0 radical (unpaired) electrons. The number of aromatic hydroxyl groups is 1. The van der Waals surface area contributed by atoms with E-state index in [4.69, 9.17) is 5.11 Å². The highest BCUT2D eigenvalue weighted by molar-refractivity contribution is 7.99. The second-order valence-electron chi connectivity index (χ2n) is 4.29. The van der Waals surface area contributed by atoms with Crippen LogP contribution in [0.25, 0.3) is 5.52 Å². The first kappa shape index (κ1) is 11.4. The fourth-order valence-corrected chi connectivity index (χ4v) is 3.53. The normalized spacial score (nSPS) is 19.4. The maximum Gasteiger partial charge on any atom is 0.356 e. The average molecular weight is 264 g/mol. The number of hydrogen-bond donors (Lipinski definition) is 2. The Labute approximate surface area is 107 Å². The molecule has 94 valence electrons. The Morgan fingerprint density at radius 2 is 2.33 bits per heavy atom. The van der Waals surface area contributed by atoms with E-state index in [-0.39, 0.29) is 17.5 Å². The van der Waals surface area contributed by atoms with Gasteiger partial charge in [0, 0.05) is 11.7 Å². The van der Waals surface area contributed by atoms with Crippen LogP contribution < -0.4 is 0 Å². The summed E-state index contributed by atoms with van der Waals surface area (Å²) in [5.74, 6) is 1.83. The van der Waals surface area contributed by atoms with E-state index in [2.05, 4.69) is 4.98 Å². The number of carboxylic acids is 1. The molecule has 2 aromatic heterocycles. The van der Waals surface area contributed by atoms with Crippen molar-refractivity contribution in [2.45, 2.75) is 12.3 Å². The Hall–Kier alpha value is -1.69. The Bertz CT molecular complexity index is 617. The highest BCUT2D eigenvalue weighted by Gasteiger charge is 2.26. The van der Waals surface area contributed by atoms with E-state index in [0.717, 1.165) is 17.9 Å². The molecule has 0 amide bonds. The molecule has 0 bridgehead atoms. The SMILES string of the molecule is O=C(O)c1nc(C2CCSC2)n2c(O)cccc12. The van der Waals surface area contributed by atoms with Crippen LogP contribution in [-0.4, -0.2) is 37.1 Å². The van der Waals surface area contributed by atoms with Crippen molar-refractivity contribution >= 4 is 23.2 Å². The van der Waals surface area contributed by atoms with Gasteiger partial charge in [-0.05, 0) is 24.3 Å². The van der Waals surface area contributed by atoms with Gasteiger partial charge >= 0.3 is 5.97 Å². The minimum Gasteiger partial charge on any atom is -0.494 e. The molecule has 1 aliphatic rings. The molecule has 2 aromatic rings. The van der Waals surface area contributed by atoms with Gasteiger partial charge in [0.2, 0.25) is 0 Å². The number of imidazole rings is 1. The van der Waals surface area contributed by atoms with Gasteiger partial charge in [-0.25, -0.2) is 9.78 Å². The summed E-state index contributed by atoms with van der Waals surface area (Å²) in [4.78, 5) is 15.4. The first-order chi connectivity index (χ1) is 8.68. The maximum absolute atomic E-state index is 11.2. The fourth-order valence-electron chi connectivity index (χ4n) is 2.31. The number of aromatic carboxylic acids is 1. The van der Waals surface area contributed by atoms with E-state index in [1.807, 2.05) is 11.8 Å². The average Bonchev–Trinajstić information content (AvgIpc) is 2.95. The number of thioether (sulfide) groups is 1. The first-order valence-corrected chi connectivity index (χ1v) is 6.85. The second-order valence-corrected chi connectivity index (χ2v) is 5.44. The van der Waals surface area contributed by atoms with Gasteiger partial charge in [0.1, 0.15) is 5.82 Å². The lowest BCUT2D eigenvalue weighted by Crippen LogP contribution is -2.03. The van der Waals surface area contributed by atoms with E-state index in [1.165, 1.54) is 0 Å². The molecular weight excluding hydrogens is 252 g/mol. The Morgan fingerprint density at radius 3 is 3.00 bits per heavy atom. The molecule has 1 atom stereocenters. The molecule has 5 nitrogen and oxygen atoms in total. The van der Waals surface area contributed by atoms with Crippen molar-refractivity contribution in [3.05, 3.63) is 29.7 Å². The van der Waals surface area contributed by atoms with Crippen LogP contribution in [0.5, 0.6) is 5.88 Å². The Balaban J connectivity index is 2.27. The van der Waals surface area contributed by atoms with Gasteiger partial charge in [0.15, 0.2) is 11.6 Å². The van der Waals surface area contributed by atoms with Crippen LogP contribution >= 0.6 is 11.8 Å². The number of hydrogen-bond acceptors (Lipinski definition) is 4. The molecule has 6 heteroatoms. The van der Waals surface area contributed by atoms with Crippen LogP contribution in [-0.2, 0) is 0 Å². The highest BCUT2D eigenvalue weighted by Crippen LogP contribution is 2.34. The van der Waals surface area contributed by atoms with Crippen molar-refractivity contribution < 1.29 is 15.0 Å². The van der Waals surface area contributed by atoms with Crippen LogP contribution in [0.3, 0.4) is 0 Å². The minimum absolute atomic E-state index is 0.0119. The monoisotopic (exact) mass is 264 g/mol. The Kier molecular flexibility index (Phi) is 2.66. The Morgan fingerprint density at radius 1 is 1.50 bits per heavy atom. The van der Waals surface area contributed by atoms with Crippen LogP contribution in [0.4, 0.5) is 0 Å². The lowest BCUT2D eigenvalue weighted by molar-refractivity contribution is 0.0693. The van der Waals surface area contributed by atoms with Crippen LogP contribution in [0, 0.1) is 0 Å². The topological polar surface area (TPSA) is 74.8 Å². The smallest absolute Gasteiger partial charge is 0.356 e. The van der Waals surface area contributed by atoms with E-state index >= 15 is 0 Å². The number of nitrogens with zero attached hydrogens (tertiary/aromatic N) is 2. The largest absolute Gasteiger partial charge is 0.494 e. The molecule has 2 N–H and O–H groups in total. The van der Waals surface area contributed by atoms with Crippen molar-refractivity contribution in [2.75, 3.05) is 11.5 Å². The van der Waals surface area contributed by atoms with Gasteiger partial charge in [0.05, 0.1) is 5.52 Å². The van der Waals surface area contributed by atoms with Gasteiger partial charge in [-0.2, -0.15) is 11.8 Å². The second kappa shape index (κ2) is 4.20. The van der Waals surface area contributed by atoms with Crippen molar-refractivity contribution in [3.63, 3.8) is 0 Å². The molecule has 0 aliphatic carbocycles. The molecule has 0 aromatic carbocycles. The lowest BCUT2D eigenvalue weighted by atomic mass is 10.1. The summed E-state index contributed by atoms with van der Waals surface area (Å²) >= 11 is 1.83. The number of carboxylic acid groups (broad SMARTS) is 1. The summed E-state index contributed by atoms with van der Waals surface area (Å²) in [5, 5.41) is 19.1. The van der Waals surface area contributed by atoms with E-state index < -0.39 is 5.97 Å². The lowest BCUT2D eigenvalue weighted by Gasteiger charge is -2.08. The molecule has 1 fully saturated rings. The predicted octanol–water partition coefficient (Wildman–Crippen LogP) is 1.96. The predicted molar refractivity (Wildman–Crippen MR) is 68.5 cm³/mol. The summed E-state index contributed by atoms with van der Waals surface area (Å²) in [5.41, 5.74) is 0.465. The number of pyridine rings is 1. The third kappa shape index (κ3) is 1.64. The first-order valence-electron chi connectivity index (χ1n) is 5.70. The molecule has 18 heavy (non-hydrogen) atoms. The van der Waals surface area contributed by atoms with E-state index in [9.17, 15) is 9.90 Å². The summed E-state index contributed by atoms with van der Waals surface area (Å²) in [6.07, 6.45) is 0.969. The number of carbonyl (C=O) groups is 1. The van der Waals surface area contributed by atoms with Crippen LogP contribution in [0.1, 0.15) is 28.7 Å². The summed E-state index contributed by atoms with van der Waals surface area (Å²) in [6.45, 7) is 0. The van der Waals surface area contributed by atoms with E-state index in [1.54, 1.807) is 22.6 Å². The molecule has 1 aliphatic heterocycles. The van der Waals surface area contributed by atoms with Crippen molar-refractivity contribution in [3.8, 4) is 5.88 Å². The van der Waals surface area contributed by atoms with Crippen molar-refractivity contribution in [1.29, 1.82) is 0 Å². The zero-order chi connectivity index (χ0) is 12.7. The summed E-state index contributed by atoms with van der Waals surface area (Å²) in [6, 6.07) is 4.85. The quantitative estimate of drug-likeness (QED) is 0.867. The molecule has 1 unspecified atom stereocenters. The number of aromatic nitrogens is 2. The third-order valence-corrected chi connectivity index (χ3v) is 4.33. The van der Waals surface area contributed by atoms with Gasteiger partial charge in [0.25, 0.3) is 0 Å². The molecule has 3 rings (SSSR count). The summed E-state index contributed by atoms with van der Waals surface area (Å²) in [7, 11) is 0. The van der Waals surface area contributed by atoms with Gasteiger partial charge < -0.3 is 10.2 Å². The van der Waals surface area contributed by atoms with Crippen molar-refractivity contribution in [1.82, 2.24) is 9.38 Å². The van der Waals surface area contributed by atoms with Gasteiger partial charge in [-0.3, -0.25) is 4.40 Å². The van der Waals surface area contributed by atoms with Gasteiger partial charge in [-0.15, -0.1) is 0 Å². The molecule has 0 spiro atoms. The van der Waals surface area contributed by atoms with Crippen LogP contribution in [0.15, 0.2) is 18.2 Å². The summed E-state index contributed by atoms with van der Waals surface area (Å²) < 4.78 is 1.56. The fraction of sp³-hybridized carbons (Fsp3) is 0.333. The standard InChI is InChI=1S/C12H12N2O3S/c15-9-3-1-2-8-10(12(16)17)13-11(14(8)9)7-4-5-18-6-7/h1-3,7,15H,4-6H2,(H,16,17). The van der Waals surface area contributed by atoms with Crippen LogP contribution in [0.2, 0.25) is 0 Å². The minimum atomic E-state index is -1.06. The zero-order valence-corrected chi connectivity index (χ0v) is 10.4. The van der Waals surface area contributed by atoms with E-state index in [0.29, 0.717) is 11.3 Å². The van der Waals surface area contributed by atoms with Gasteiger partial charge in [-0.1, -0.05) is 6.07 Å². The number of fused-ring (bicyclic) bond motifs is 1. The van der Waals surface area contributed by atoms with Crippen molar-refractivity contribution in [2.24, 2.45) is 0 Å².